The van der Waals surface area contributed by atoms with Crippen molar-refractivity contribution in [1.29, 1.82) is 0 Å². The third-order valence-electron chi connectivity index (χ3n) is 7.63. The molecule has 5 rings (SSSR count). The number of ether oxygens (including phenoxy) is 2. The Morgan fingerprint density at radius 2 is 1.73 bits per heavy atom. The SMILES string of the molecule is COc1cc2nc(N3CCC(N4CCCC(CO)C4)CC3)nc(NCc3ccc(Cl)cc3)c2cc1OC. The Labute approximate surface area is 223 Å². The van der Waals surface area contributed by atoms with E-state index in [-0.39, 0.29) is 0 Å². The normalized spacial score (nSPS) is 19.2. The summed E-state index contributed by atoms with van der Waals surface area (Å²) in [5.74, 6) is 3.19. The van der Waals surface area contributed by atoms with E-state index in [1.165, 1.54) is 6.42 Å². The van der Waals surface area contributed by atoms with Gasteiger partial charge in [0.05, 0.1) is 19.7 Å². The van der Waals surface area contributed by atoms with E-state index >= 15 is 0 Å². The molecule has 2 aromatic carbocycles. The number of benzene rings is 2. The lowest BCUT2D eigenvalue weighted by molar-refractivity contribution is 0.0776. The number of hydrogen-bond donors (Lipinski definition) is 2. The predicted molar refractivity (Wildman–Crippen MR) is 148 cm³/mol. The van der Waals surface area contributed by atoms with E-state index in [0.717, 1.165) is 78.7 Å². The fraction of sp³-hybridized carbons (Fsp3) is 0.500. The van der Waals surface area contributed by atoms with Gasteiger partial charge in [-0.05, 0) is 61.9 Å². The molecule has 0 amide bonds. The van der Waals surface area contributed by atoms with E-state index in [2.05, 4.69) is 15.1 Å². The maximum atomic E-state index is 9.63. The monoisotopic (exact) mass is 525 g/mol. The van der Waals surface area contributed by atoms with Crippen molar-refractivity contribution in [3.05, 3.63) is 47.0 Å². The molecule has 3 aromatic rings. The maximum absolute atomic E-state index is 9.63. The Bertz CT molecular complexity index is 1200. The number of likely N-dealkylation sites (tertiary alicyclic amines) is 1. The summed E-state index contributed by atoms with van der Waals surface area (Å²) in [4.78, 5) is 14.8. The largest absolute Gasteiger partial charge is 0.493 e. The van der Waals surface area contributed by atoms with Crippen molar-refractivity contribution in [1.82, 2.24) is 14.9 Å². The Morgan fingerprint density at radius 3 is 2.43 bits per heavy atom. The lowest BCUT2D eigenvalue weighted by atomic mass is 9.94. The van der Waals surface area contributed by atoms with Crippen molar-refractivity contribution in [2.24, 2.45) is 5.92 Å². The third kappa shape index (κ3) is 5.87. The van der Waals surface area contributed by atoms with Crippen molar-refractivity contribution >= 4 is 34.3 Å². The number of anilines is 2. The van der Waals surface area contributed by atoms with Gasteiger partial charge in [0, 0.05) is 55.3 Å². The molecule has 0 spiro atoms. The minimum atomic E-state index is 0.292. The topological polar surface area (TPSA) is 83.0 Å². The smallest absolute Gasteiger partial charge is 0.227 e. The van der Waals surface area contributed by atoms with E-state index in [0.29, 0.717) is 36.6 Å². The number of rotatable bonds is 8. The molecular formula is C28H36ClN5O3. The molecular weight excluding hydrogens is 490 g/mol. The molecule has 1 atom stereocenters. The first-order valence-corrected chi connectivity index (χ1v) is 13.5. The van der Waals surface area contributed by atoms with Gasteiger partial charge in [0.25, 0.3) is 0 Å². The fourth-order valence-corrected chi connectivity index (χ4v) is 5.64. The Hall–Kier alpha value is -2.81. The molecule has 2 aliphatic rings. The van der Waals surface area contributed by atoms with Crippen LogP contribution in [0.5, 0.6) is 11.5 Å². The molecule has 0 radical (unpaired) electrons. The molecule has 1 unspecified atom stereocenters. The second-order valence-corrected chi connectivity index (χ2v) is 10.4. The van der Waals surface area contributed by atoms with E-state index in [9.17, 15) is 5.11 Å². The summed E-state index contributed by atoms with van der Waals surface area (Å²) in [6.07, 6.45) is 4.45. The van der Waals surface area contributed by atoms with Gasteiger partial charge < -0.3 is 24.8 Å². The van der Waals surface area contributed by atoms with Crippen molar-refractivity contribution < 1.29 is 14.6 Å². The standard InChI is InChI=1S/C28H36ClN5O3/c1-36-25-14-23-24(15-26(25)37-2)31-28(32-27(23)30-16-19-5-7-21(29)8-6-19)33-12-9-22(10-13-33)34-11-3-4-20(17-34)18-35/h5-8,14-15,20,22,35H,3-4,9-13,16-18H2,1-2H3,(H,30,31,32). The summed E-state index contributed by atoms with van der Waals surface area (Å²) in [5, 5.41) is 14.7. The Kier molecular flexibility index (Phi) is 8.17. The first kappa shape index (κ1) is 25.8. The van der Waals surface area contributed by atoms with E-state index < -0.39 is 0 Å². The molecule has 3 heterocycles. The van der Waals surface area contributed by atoms with E-state index in [4.69, 9.17) is 31.0 Å². The van der Waals surface area contributed by atoms with Crippen LogP contribution < -0.4 is 19.7 Å². The second kappa shape index (κ2) is 11.7. The summed E-state index contributed by atoms with van der Waals surface area (Å²) in [6.45, 7) is 4.85. The van der Waals surface area contributed by atoms with Gasteiger partial charge in [-0.2, -0.15) is 4.98 Å². The molecule has 0 aliphatic carbocycles. The van der Waals surface area contributed by atoms with Crippen LogP contribution in [-0.2, 0) is 6.54 Å². The van der Waals surface area contributed by atoms with Crippen LogP contribution in [0.15, 0.2) is 36.4 Å². The van der Waals surface area contributed by atoms with Gasteiger partial charge in [-0.15, -0.1) is 0 Å². The van der Waals surface area contributed by atoms with Gasteiger partial charge in [-0.3, -0.25) is 4.90 Å². The van der Waals surface area contributed by atoms with Crippen LogP contribution in [0, 0.1) is 5.92 Å². The Balaban J connectivity index is 1.38. The van der Waals surface area contributed by atoms with E-state index in [1.54, 1.807) is 14.2 Å². The molecule has 8 nitrogen and oxygen atoms in total. The number of hydrogen-bond acceptors (Lipinski definition) is 8. The molecule has 2 N–H and O–H groups in total. The second-order valence-electron chi connectivity index (χ2n) is 9.98. The number of fused-ring (bicyclic) bond motifs is 1. The number of aliphatic hydroxyl groups excluding tert-OH is 1. The van der Waals surface area contributed by atoms with Crippen molar-refractivity contribution in [3.8, 4) is 11.5 Å². The average molecular weight is 526 g/mol. The molecule has 0 saturated carbocycles. The number of aromatic nitrogens is 2. The number of piperidine rings is 2. The molecule has 1 aromatic heterocycles. The highest BCUT2D eigenvalue weighted by molar-refractivity contribution is 6.30. The van der Waals surface area contributed by atoms with Crippen LogP contribution >= 0.6 is 11.6 Å². The maximum Gasteiger partial charge on any atom is 0.227 e. The first-order chi connectivity index (χ1) is 18.1. The van der Waals surface area contributed by atoms with Crippen LogP contribution in [0.25, 0.3) is 10.9 Å². The molecule has 2 saturated heterocycles. The van der Waals surface area contributed by atoms with Crippen LogP contribution in [0.4, 0.5) is 11.8 Å². The zero-order valence-electron chi connectivity index (χ0n) is 21.6. The van der Waals surface area contributed by atoms with Crippen LogP contribution in [-0.4, -0.2) is 73.0 Å². The summed E-state index contributed by atoms with van der Waals surface area (Å²) in [6, 6.07) is 12.2. The molecule has 2 fully saturated rings. The third-order valence-corrected chi connectivity index (χ3v) is 7.89. The minimum absolute atomic E-state index is 0.292. The van der Waals surface area contributed by atoms with Crippen LogP contribution in [0.2, 0.25) is 5.02 Å². The number of nitrogens with one attached hydrogen (secondary N) is 1. The molecule has 198 valence electrons. The van der Waals surface area contributed by atoms with Gasteiger partial charge in [0.1, 0.15) is 5.82 Å². The lowest BCUT2D eigenvalue weighted by Gasteiger charge is -2.42. The highest BCUT2D eigenvalue weighted by Gasteiger charge is 2.29. The average Bonchev–Trinajstić information content (AvgIpc) is 2.96. The van der Waals surface area contributed by atoms with Gasteiger partial charge in [-0.25, -0.2) is 4.98 Å². The van der Waals surface area contributed by atoms with Gasteiger partial charge in [0.15, 0.2) is 11.5 Å². The summed E-state index contributed by atoms with van der Waals surface area (Å²) >= 11 is 6.06. The molecule has 2 aliphatic heterocycles. The zero-order valence-corrected chi connectivity index (χ0v) is 22.4. The predicted octanol–water partition coefficient (Wildman–Crippen LogP) is 4.59. The number of aliphatic hydroxyl groups is 1. The number of nitrogens with zero attached hydrogens (tertiary/aromatic N) is 4. The van der Waals surface area contributed by atoms with Gasteiger partial charge in [0.2, 0.25) is 5.95 Å². The van der Waals surface area contributed by atoms with Gasteiger partial charge in [-0.1, -0.05) is 23.7 Å². The molecule has 37 heavy (non-hydrogen) atoms. The molecule has 9 heteroatoms. The highest BCUT2D eigenvalue weighted by Crippen LogP contribution is 2.36. The van der Waals surface area contributed by atoms with Crippen molar-refractivity contribution in [3.63, 3.8) is 0 Å². The molecule has 0 bridgehead atoms. The van der Waals surface area contributed by atoms with E-state index in [1.807, 2.05) is 36.4 Å². The summed E-state index contributed by atoms with van der Waals surface area (Å²) in [7, 11) is 3.27. The zero-order chi connectivity index (χ0) is 25.8. The van der Waals surface area contributed by atoms with Crippen molar-refractivity contribution in [2.75, 3.05) is 57.2 Å². The lowest BCUT2D eigenvalue weighted by Crippen LogP contribution is -2.49. The quantitative estimate of drug-likeness (QED) is 0.442. The number of halogens is 1. The fourth-order valence-electron chi connectivity index (χ4n) is 5.52. The minimum Gasteiger partial charge on any atom is -0.493 e. The van der Waals surface area contributed by atoms with Gasteiger partial charge >= 0.3 is 0 Å². The summed E-state index contributed by atoms with van der Waals surface area (Å²) in [5.41, 5.74) is 1.92. The van der Waals surface area contributed by atoms with Crippen LogP contribution in [0.1, 0.15) is 31.2 Å². The van der Waals surface area contributed by atoms with Crippen molar-refractivity contribution in [2.45, 2.75) is 38.3 Å². The highest BCUT2D eigenvalue weighted by atomic mass is 35.5. The first-order valence-electron chi connectivity index (χ1n) is 13.1. The van der Waals surface area contributed by atoms with Crippen LogP contribution in [0.3, 0.4) is 0 Å². The Morgan fingerprint density at radius 1 is 1.00 bits per heavy atom. The number of methoxy groups -OCH3 is 2. The summed E-state index contributed by atoms with van der Waals surface area (Å²) < 4.78 is 11.1.